The minimum atomic E-state index is -0.409. The second-order valence-corrected chi connectivity index (χ2v) is 7.47. The summed E-state index contributed by atoms with van der Waals surface area (Å²) in [6, 6.07) is 5.69. The van der Waals surface area contributed by atoms with E-state index < -0.39 is 6.10 Å². The summed E-state index contributed by atoms with van der Waals surface area (Å²) in [5, 5.41) is 16.8. The number of carbonyl (C=O) groups excluding carboxylic acids is 1. The Morgan fingerprint density at radius 3 is 2.67 bits per heavy atom. The van der Waals surface area contributed by atoms with Crippen LogP contribution in [-0.4, -0.2) is 53.7 Å². The molecule has 2 aliphatic rings. The highest BCUT2D eigenvalue weighted by Gasteiger charge is 2.30. The number of likely N-dealkylation sites (tertiary alicyclic amines) is 1. The van der Waals surface area contributed by atoms with Gasteiger partial charge in [0.05, 0.1) is 22.2 Å². The van der Waals surface area contributed by atoms with Gasteiger partial charge in [0.25, 0.3) is 0 Å². The Labute approximate surface area is 152 Å². The molecule has 1 aromatic carbocycles. The highest BCUT2D eigenvalue weighted by Crippen LogP contribution is 2.24. The second kappa shape index (κ2) is 8.02. The molecule has 2 aliphatic heterocycles. The van der Waals surface area contributed by atoms with Gasteiger partial charge in [-0.2, -0.15) is 0 Å². The van der Waals surface area contributed by atoms with Crippen molar-refractivity contribution >= 4 is 29.1 Å². The number of hydrogen-bond donors (Lipinski definition) is 3. The molecule has 2 heterocycles. The van der Waals surface area contributed by atoms with Gasteiger partial charge in [-0.3, -0.25) is 9.69 Å². The van der Waals surface area contributed by atoms with Gasteiger partial charge in [0.2, 0.25) is 5.91 Å². The molecule has 3 rings (SSSR count). The van der Waals surface area contributed by atoms with Crippen LogP contribution >= 0.6 is 23.2 Å². The quantitative estimate of drug-likeness (QED) is 0.754. The molecule has 2 fully saturated rings. The molecule has 1 aromatic rings. The molecule has 5 nitrogen and oxygen atoms in total. The molecule has 0 spiro atoms. The summed E-state index contributed by atoms with van der Waals surface area (Å²) in [4.78, 5) is 14.5. The molecule has 24 heavy (non-hydrogen) atoms. The Morgan fingerprint density at radius 2 is 2.04 bits per heavy atom. The summed E-state index contributed by atoms with van der Waals surface area (Å²) in [6.07, 6.45) is 1.96. The predicted molar refractivity (Wildman–Crippen MR) is 95.3 cm³/mol. The zero-order valence-corrected chi connectivity index (χ0v) is 15.0. The number of halogens is 2. The van der Waals surface area contributed by atoms with Crippen molar-refractivity contribution in [1.29, 1.82) is 0 Å². The largest absolute Gasteiger partial charge is 0.392 e. The average molecular weight is 372 g/mol. The van der Waals surface area contributed by atoms with Gasteiger partial charge in [-0.15, -0.1) is 0 Å². The Kier molecular flexibility index (Phi) is 6.00. The van der Waals surface area contributed by atoms with E-state index in [0.717, 1.165) is 38.0 Å². The maximum atomic E-state index is 12.2. The molecule has 2 saturated heterocycles. The normalized spacial score (nSPS) is 25.8. The highest BCUT2D eigenvalue weighted by molar-refractivity contribution is 6.42. The van der Waals surface area contributed by atoms with Crippen molar-refractivity contribution in [2.24, 2.45) is 0 Å². The summed E-state index contributed by atoms with van der Waals surface area (Å²) in [6.45, 7) is 3.21. The molecule has 132 valence electrons. The standard InChI is InChI=1S/C17H23Cl2N3O2/c18-14-2-1-11(7-15(14)19)10-22-5-3-12(4-6-22)21-17(24)16-8-13(23)9-20-16/h1-2,7,12-13,16,20,23H,3-6,8-10H2,(H,21,24). The van der Waals surface area contributed by atoms with E-state index in [1.807, 2.05) is 18.2 Å². The van der Waals surface area contributed by atoms with Crippen molar-refractivity contribution in [3.05, 3.63) is 33.8 Å². The summed E-state index contributed by atoms with van der Waals surface area (Å²) >= 11 is 12.0. The molecule has 0 radical (unpaired) electrons. The van der Waals surface area contributed by atoms with Crippen LogP contribution in [0.25, 0.3) is 0 Å². The first-order valence-electron chi connectivity index (χ1n) is 8.39. The van der Waals surface area contributed by atoms with E-state index in [0.29, 0.717) is 23.0 Å². The van der Waals surface area contributed by atoms with Crippen LogP contribution in [-0.2, 0) is 11.3 Å². The molecule has 0 aliphatic carbocycles. The van der Waals surface area contributed by atoms with Crippen molar-refractivity contribution in [2.75, 3.05) is 19.6 Å². The van der Waals surface area contributed by atoms with Gasteiger partial charge in [-0.25, -0.2) is 0 Å². The maximum absolute atomic E-state index is 12.2. The van der Waals surface area contributed by atoms with Crippen molar-refractivity contribution in [2.45, 2.75) is 44.0 Å². The topological polar surface area (TPSA) is 64.6 Å². The lowest BCUT2D eigenvalue weighted by atomic mass is 10.0. The number of nitrogens with one attached hydrogen (secondary N) is 2. The molecule has 1 amide bonds. The number of nitrogens with zero attached hydrogens (tertiary/aromatic N) is 1. The number of amides is 1. The van der Waals surface area contributed by atoms with Crippen LogP contribution in [0.4, 0.5) is 0 Å². The fourth-order valence-electron chi connectivity index (χ4n) is 3.35. The molecule has 7 heteroatoms. The van der Waals surface area contributed by atoms with Gasteiger partial charge in [0.1, 0.15) is 0 Å². The van der Waals surface area contributed by atoms with Crippen LogP contribution in [0.1, 0.15) is 24.8 Å². The third-order valence-electron chi connectivity index (χ3n) is 4.75. The number of carbonyl (C=O) groups is 1. The lowest BCUT2D eigenvalue weighted by Gasteiger charge is -2.33. The average Bonchev–Trinajstić information content (AvgIpc) is 2.99. The van der Waals surface area contributed by atoms with Gasteiger partial charge in [0.15, 0.2) is 0 Å². The van der Waals surface area contributed by atoms with Crippen molar-refractivity contribution < 1.29 is 9.90 Å². The first-order valence-corrected chi connectivity index (χ1v) is 9.15. The number of β-amino-alcohol motifs (C(OH)–C–C–N with tert-alkyl or cyclic N) is 1. The van der Waals surface area contributed by atoms with Crippen LogP contribution in [0.5, 0.6) is 0 Å². The third-order valence-corrected chi connectivity index (χ3v) is 5.49. The Hall–Kier alpha value is -0.850. The first kappa shape index (κ1) is 18.0. The van der Waals surface area contributed by atoms with Crippen LogP contribution in [0, 0.1) is 0 Å². The number of rotatable bonds is 4. The van der Waals surface area contributed by atoms with E-state index >= 15 is 0 Å². The van der Waals surface area contributed by atoms with E-state index in [1.54, 1.807) is 0 Å². The van der Waals surface area contributed by atoms with Crippen molar-refractivity contribution in [3.8, 4) is 0 Å². The van der Waals surface area contributed by atoms with Gasteiger partial charge in [-0.05, 0) is 37.0 Å². The van der Waals surface area contributed by atoms with Gasteiger partial charge < -0.3 is 15.7 Å². The number of hydrogen-bond acceptors (Lipinski definition) is 4. The molecule has 0 saturated carbocycles. The van der Waals surface area contributed by atoms with Crippen LogP contribution in [0.3, 0.4) is 0 Å². The minimum Gasteiger partial charge on any atom is -0.392 e. The lowest BCUT2D eigenvalue weighted by Crippen LogP contribution is -2.49. The lowest BCUT2D eigenvalue weighted by molar-refractivity contribution is -0.124. The fraction of sp³-hybridized carbons (Fsp3) is 0.588. The fourth-order valence-corrected chi connectivity index (χ4v) is 3.67. The van der Waals surface area contributed by atoms with Crippen LogP contribution in [0.2, 0.25) is 10.0 Å². The van der Waals surface area contributed by atoms with E-state index in [4.69, 9.17) is 23.2 Å². The van der Waals surface area contributed by atoms with Crippen LogP contribution in [0.15, 0.2) is 18.2 Å². The van der Waals surface area contributed by atoms with E-state index in [2.05, 4.69) is 15.5 Å². The SMILES string of the molecule is O=C(NC1CCN(Cc2ccc(Cl)c(Cl)c2)CC1)C1CC(O)CN1. The van der Waals surface area contributed by atoms with Gasteiger partial charge >= 0.3 is 0 Å². The first-order chi connectivity index (χ1) is 11.5. The van der Waals surface area contributed by atoms with Crippen LogP contribution < -0.4 is 10.6 Å². The van der Waals surface area contributed by atoms with Crippen molar-refractivity contribution in [3.63, 3.8) is 0 Å². The molecule has 0 bridgehead atoms. The summed E-state index contributed by atoms with van der Waals surface area (Å²) < 4.78 is 0. The zero-order chi connectivity index (χ0) is 17.1. The molecule has 3 N–H and O–H groups in total. The van der Waals surface area contributed by atoms with Crippen molar-refractivity contribution in [1.82, 2.24) is 15.5 Å². The summed E-state index contributed by atoms with van der Waals surface area (Å²) in [5.74, 6) is 0.00878. The number of benzene rings is 1. The van der Waals surface area contributed by atoms with E-state index in [1.165, 1.54) is 0 Å². The zero-order valence-electron chi connectivity index (χ0n) is 13.5. The Morgan fingerprint density at radius 1 is 1.29 bits per heavy atom. The number of aliphatic hydroxyl groups excluding tert-OH is 1. The summed E-state index contributed by atoms with van der Waals surface area (Å²) in [7, 11) is 0. The van der Waals surface area contributed by atoms with Gasteiger partial charge in [0, 0.05) is 32.2 Å². The predicted octanol–water partition coefficient (Wildman–Crippen LogP) is 1.80. The number of aliphatic hydroxyl groups is 1. The maximum Gasteiger partial charge on any atom is 0.237 e. The van der Waals surface area contributed by atoms with Gasteiger partial charge in [-0.1, -0.05) is 29.3 Å². The minimum absolute atomic E-state index is 0.00878. The highest BCUT2D eigenvalue weighted by atomic mass is 35.5. The molecule has 0 aromatic heterocycles. The Balaban J connectivity index is 1.43. The number of piperidine rings is 1. The third kappa shape index (κ3) is 4.61. The van der Waals surface area contributed by atoms with E-state index in [9.17, 15) is 9.90 Å². The molecular formula is C17H23Cl2N3O2. The smallest absolute Gasteiger partial charge is 0.237 e. The molecule has 2 unspecified atom stereocenters. The Bertz CT molecular complexity index is 591. The van der Waals surface area contributed by atoms with E-state index in [-0.39, 0.29) is 18.0 Å². The molecular weight excluding hydrogens is 349 g/mol. The molecule has 2 atom stereocenters. The summed E-state index contributed by atoms with van der Waals surface area (Å²) in [5.41, 5.74) is 1.15. The monoisotopic (exact) mass is 371 g/mol. The second-order valence-electron chi connectivity index (χ2n) is 6.66.